The van der Waals surface area contributed by atoms with Crippen molar-refractivity contribution in [1.82, 2.24) is 24.6 Å². The van der Waals surface area contributed by atoms with Crippen molar-refractivity contribution in [2.24, 2.45) is 0 Å². The van der Waals surface area contributed by atoms with E-state index in [4.69, 9.17) is 29.9 Å². The molecule has 0 aliphatic carbocycles. The van der Waals surface area contributed by atoms with Gasteiger partial charge in [-0.05, 0) is 39.8 Å². The first-order chi connectivity index (χ1) is 19.3. The zero-order valence-electron chi connectivity index (χ0n) is 22.9. The standard InChI is InChI=1S/C21H29N6O5P.C4H4O4/c1-14(2)31-21(28)16(4)26-33(29,32-17-8-6-5-7-9-17)13-30-15(3)10-27-12-25-18-19(22)23-11-24-20(18)27;5-3(6)1-2-4(7)8/h5-9,11-12,14-16H,10,13H2,1-4H3,(H,26,29)(H2,22,23,24);1-2H,(H,5,6)(H,7,8)/t15-,16+,33-;/m1./s1. The molecule has 3 rings (SSSR count). The van der Waals surface area contributed by atoms with E-state index < -0.39 is 31.5 Å². The highest BCUT2D eigenvalue weighted by molar-refractivity contribution is 7.57. The van der Waals surface area contributed by atoms with Crippen LogP contribution in [0.1, 0.15) is 27.7 Å². The molecule has 16 heteroatoms. The highest BCUT2D eigenvalue weighted by Crippen LogP contribution is 2.44. The molecule has 2 aromatic heterocycles. The Morgan fingerprint density at radius 3 is 2.27 bits per heavy atom. The Labute approximate surface area is 235 Å². The SMILES string of the molecule is CC(C)OC(=O)[C@H](C)N[P@@](=O)(CO[C@H](C)Cn1cnc2c(N)ncnc21)Oc1ccccc1.O=C(O)C=CC(=O)O. The summed E-state index contributed by atoms with van der Waals surface area (Å²) in [6, 6.07) is 7.83. The van der Waals surface area contributed by atoms with Gasteiger partial charge in [0.25, 0.3) is 0 Å². The minimum Gasteiger partial charge on any atom is -0.478 e. The average molecular weight is 593 g/mol. The van der Waals surface area contributed by atoms with Crippen molar-refractivity contribution >= 4 is 42.4 Å². The van der Waals surface area contributed by atoms with E-state index in [0.29, 0.717) is 41.4 Å². The minimum absolute atomic E-state index is 0.272. The fraction of sp³-hybridized carbons (Fsp3) is 0.360. The molecule has 0 aliphatic heterocycles. The van der Waals surface area contributed by atoms with Crippen LogP contribution in [0, 0.1) is 0 Å². The number of ether oxygens (including phenoxy) is 2. The molecule has 0 amide bonds. The van der Waals surface area contributed by atoms with Crippen LogP contribution in [-0.4, -0.2) is 72.2 Å². The molecule has 0 aliphatic rings. The maximum Gasteiger partial charge on any atom is 0.342 e. The van der Waals surface area contributed by atoms with Crippen LogP contribution in [0.3, 0.4) is 0 Å². The number of imidazole rings is 1. The largest absolute Gasteiger partial charge is 0.478 e. The number of carboxylic acids is 2. The number of para-hydroxylation sites is 1. The fourth-order valence-corrected chi connectivity index (χ4v) is 4.94. The van der Waals surface area contributed by atoms with Gasteiger partial charge >= 0.3 is 25.4 Å². The van der Waals surface area contributed by atoms with Crippen molar-refractivity contribution in [2.75, 3.05) is 12.1 Å². The van der Waals surface area contributed by atoms with Crippen molar-refractivity contribution in [3.8, 4) is 5.75 Å². The van der Waals surface area contributed by atoms with Crippen LogP contribution in [-0.2, 0) is 35.0 Å². The Bertz CT molecular complexity index is 1380. The van der Waals surface area contributed by atoms with E-state index in [0.717, 1.165) is 0 Å². The number of hydrogen-bond donors (Lipinski definition) is 4. The number of carbonyl (C=O) groups excluding carboxylic acids is 1. The molecule has 3 atom stereocenters. The Morgan fingerprint density at radius 1 is 1.05 bits per heavy atom. The number of fused-ring (bicyclic) bond motifs is 1. The third-order valence-electron chi connectivity index (χ3n) is 4.87. The van der Waals surface area contributed by atoms with Gasteiger partial charge in [-0.3, -0.25) is 9.36 Å². The first-order valence-corrected chi connectivity index (χ1v) is 14.1. The lowest BCUT2D eigenvalue weighted by atomic mass is 10.3. The predicted molar refractivity (Wildman–Crippen MR) is 148 cm³/mol. The smallest absolute Gasteiger partial charge is 0.342 e. The van der Waals surface area contributed by atoms with E-state index in [1.54, 1.807) is 55.9 Å². The van der Waals surface area contributed by atoms with Crippen LogP contribution >= 0.6 is 7.52 Å². The van der Waals surface area contributed by atoms with Crippen molar-refractivity contribution in [1.29, 1.82) is 0 Å². The first kappa shape index (κ1) is 32.9. The van der Waals surface area contributed by atoms with Gasteiger partial charge in [0.2, 0.25) is 0 Å². The number of nitrogens with two attached hydrogens (primary N) is 1. The summed E-state index contributed by atoms with van der Waals surface area (Å²) in [6.45, 7) is 7.25. The molecule has 0 spiro atoms. The zero-order chi connectivity index (χ0) is 30.6. The second kappa shape index (κ2) is 15.5. The van der Waals surface area contributed by atoms with Crippen LogP contribution in [0.2, 0.25) is 0 Å². The zero-order valence-corrected chi connectivity index (χ0v) is 23.8. The van der Waals surface area contributed by atoms with Gasteiger partial charge < -0.3 is 34.5 Å². The maximum atomic E-state index is 13.6. The molecule has 0 unspecified atom stereocenters. The second-order valence-electron chi connectivity index (χ2n) is 8.86. The number of carboxylic acid groups (broad SMARTS) is 2. The Morgan fingerprint density at radius 2 is 1.68 bits per heavy atom. The predicted octanol–water partition coefficient (Wildman–Crippen LogP) is 2.68. The summed E-state index contributed by atoms with van der Waals surface area (Å²) >= 11 is 0. The van der Waals surface area contributed by atoms with Gasteiger partial charge in [0.1, 0.15) is 30.0 Å². The van der Waals surface area contributed by atoms with E-state index in [-0.39, 0.29) is 18.6 Å². The van der Waals surface area contributed by atoms with Crippen LogP contribution in [0.4, 0.5) is 5.82 Å². The number of nitrogen functional groups attached to an aromatic ring is 1. The summed E-state index contributed by atoms with van der Waals surface area (Å²) < 4.78 is 32.2. The molecule has 0 saturated carbocycles. The highest BCUT2D eigenvalue weighted by atomic mass is 31.2. The van der Waals surface area contributed by atoms with Crippen molar-refractivity contribution in [3.63, 3.8) is 0 Å². The molecule has 0 bridgehead atoms. The molecule has 1 aromatic carbocycles. The van der Waals surface area contributed by atoms with Gasteiger partial charge in [0.15, 0.2) is 11.5 Å². The fourth-order valence-electron chi connectivity index (χ4n) is 3.15. The number of rotatable bonds is 13. The van der Waals surface area contributed by atoms with Gasteiger partial charge in [-0.2, -0.15) is 0 Å². The Hall–Kier alpha value is -4.33. The van der Waals surface area contributed by atoms with Gasteiger partial charge in [-0.1, -0.05) is 18.2 Å². The Balaban J connectivity index is 0.000000642. The normalized spacial score (nSPS) is 14.1. The first-order valence-electron chi connectivity index (χ1n) is 12.3. The molecular weight excluding hydrogens is 559 g/mol. The summed E-state index contributed by atoms with van der Waals surface area (Å²) in [5, 5.41) is 18.4. The quantitative estimate of drug-likeness (QED) is 0.127. The molecule has 2 heterocycles. The molecule has 3 aromatic rings. The summed E-state index contributed by atoms with van der Waals surface area (Å²) in [7, 11) is -3.64. The molecule has 0 fully saturated rings. The summed E-state index contributed by atoms with van der Waals surface area (Å²) in [4.78, 5) is 43.7. The highest BCUT2D eigenvalue weighted by Gasteiger charge is 2.32. The number of benzene rings is 1. The number of carbonyl (C=O) groups is 3. The third kappa shape index (κ3) is 11.4. The second-order valence-corrected chi connectivity index (χ2v) is 10.9. The van der Waals surface area contributed by atoms with Gasteiger partial charge in [0, 0.05) is 12.2 Å². The van der Waals surface area contributed by atoms with Crippen molar-refractivity contribution in [2.45, 2.75) is 52.5 Å². The lowest BCUT2D eigenvalue weighted by molar-refractivity contribution is -0.149. The number of hydrogen-bond acceptors (Lipinski definition) is 11. The number of aromatic nitrogens is 4. The lowest BCUT2D eigenvalue weighted by Gasteiger charge is -2.25. The number of nitrogens with one attached hydrogen (secondary N) is 1. The van der Waals surface area contributed by atoms with Crippen LogP contribution in [0.5, 0.6) is 5.75 Å². The number of aliphatic carboxylic acids is 2. The van der Waals surface area contributed by atoms with Gasteiger partial charge in [0.05, 0.1) is 25.1 Å². The summed E-state index contributed by atoms with van der Waals surface area (Å²) in [5.74, 6) is -2.36. The van der Waals surface area contributed by atoms with E-state index in [2.05, 4.69) is 20.0 Å². The summed E-state index contributed by atoms with van der Waals surface area (Å²) in [5.41, 5.74) is 6.91. The molecule has 41 heavy (non-hydrogen) atoms. The topological polar surface area (TPSA) is 218 Å². The van der Waals surface area contributed by atoms with E-state index in [1.165, 1.54) is 6.33 Å². The minimum atomic E-state index is -3.64. The van der Waals surface area contributed by atoms with E-state index in [9.17, 15) is 18.9 Å². The van der Waals surface area contributed by atoms with Crippen LogP contribution in [0.15, 0.2) is 55.1 Å². The van der Waals surface area contributed by atoms with Crippen LogP contribution in [0.25, 0.3) is 11.2 Å². The van der Waals surface area contributed by atoms with Gasteiger partial charge in [-0.25, -0.2) is 29.6 Å². The molecule has 222 valence electrons. The molecule has 0 radical (unpaired) electrons. The lowest BCUT2D eigenvalue weighted by Crippen LogP contribution is -2.37. The summed E-state index contributed by atoms with van der Waals surface area (Å²) in [6.07, 6.45) is 3.13. The molecular formula is C25H33N6O9P. The average Bonchev–Trinajstić information content (AvgIpc) is 3.30. The number of anilines is 1. The number of nitrogens with zero attached hydrogens (tertiary/aromatic N) is 4. The molecule has 5 N–H and O–H groups in total. The Kier molecular flexibility index (Phi) is 12.4. The monoisotopic (exact) mass is 592 g/mol. The van der Waals surface area contributed by atoms with E-state index >= 15 is 0 Å². The molecule has 15 nitrogen and oxygen atoms in total. The van der Waals surface area contributed by atoms with Crippen molar-refractivity contribution in [3.05, 3.63) is 55.1 Å². The van der Waals surface area contributed by atoms with E-state index in [1.807, 2.05) is 13.0 Å². The van der Waals surface area contributed by atoms with Crippen LogP contribution < -0.4 is 15.3 Å². The van der Waals surface area contributed by atoms with Crippen molar-refractivity contribution < 1.29 is 43.2 Å². The van der Waals surface area contributed by atoms with Gasteiger partial charge in [-0.15, -0.1) is 0 Å². The molecule has 0 saturated heterocycles. The maximum absolute atomic E-state index is 13.6. The third-order valence-corrected chi connectivity index (χ3v) is 6.65. The number of esters is 1.